The molecule has 180 valence electrons. The molecule has 0 amide bonds. The Morgan fingerprint density at radius 2 is 1.76 bits per heavy atom. The van der Waals surface area contributed by atoms with Crippen LogP contribution in [0.15, 0.2) is 18.2 Å². The summed E-state index contributed by atoms with van der Waals surface area (Å²) < 4.78 is 13.1. The largest absolute Gasteiger partial charge is 0.508 e. The molecular formula is C30H42O3. The summed E-state index contributed by atoms with van der Waals surface area (Å²) in [5.74, 6) is 4.07. The normalized spacial score (nSPS) is 46.7. The van der Waals surface area contributed by atoms with Gasteiger partial charge in [0.05, 0.1) is 13.2 Å². The maximum atomic E-state index is 10.4. The molecule has 1 N–H and O–H groups in total. The number of hydrogen-bond donors (Lipinski definition) is 1. The highest BCUT2D eigenvalue weighted by atomic mass is 16.7. The standard InChI is InChI=1S/C30H42O3/c1-27(2)17-32-30(33-18-27)12-11-29-14-19-13-21(31)7-9-22(19)24-16-28(3)10-4-5-25(28)23(26(24)29)8-6-20(29)15-30/h7,9,13,20,23-26,31H,4-6,8,10-12,14-18H2,1-3H3/t20-,23-,24?,25-,26?,28-,29+/m0/s1. The van der Waals surface area contributed by atoms with Crippen molar-refractivity contribution >= 4 is 0 Å². The summed E-state index contributed by atoms with van der Waals surface area (Å²) in [6.07, 6.45) is 12.9. The molecule has 0 aromatic heterocycles. The summed E-state index contributed by atoms with van der Waals surface area (Å²) in [7, 11) is 0. The van der Waals surface area contributed by atoms with Gasteiger partial charge in [-0.05, 0) is 109 Å². The minimum Gasteiger partial charge on any atom is -0.508 e. The minimum absolute atomic E-state index is 0.126. The molecule has 1 saturated heterocycles. The second kappa shape index (κ2) is 6.78. The summed E-state index contributed by atoms with van der Waals surface area (Å²) in [6.45, 7) is 8.77. The van der Waals surface area contributed by atoms with Crippen LogP contribution in [0.5, 0.6) is 5.75 Å². The number of phenols is 1. The first-order valence-electron chi connectivity index (χ1n) is 13.8. The van der Waals surface area contributed by atoms with Gasteiger partial charge in [-0.15, -0.1) is 0 Å². The Labute approximate surface area is 199 Å². The number of fused-ring (bicyclic) bond motifs is 4. The topological polar surface area (TPSA) is 38.7 Å². The summed E-state index contributed by atoms with van der Waals surface area (Å²) >= 11 is 0. The van der Waals surface area contributed by atoms with Gasteiger partial charge in [0.2, 0.25) is 0 Å². The molecule has 33 heavy (non-hydrogen) atoms. The Morgan fingerprint density at radius 1 is 0.939 bits per heavy atom. The lowest BCUT2D eigenvalue weighted by Crippen LogP contribution is -2.62. The van der Waals surface area contributed by atoms with E-state index >= 15 is 0 Å². The number of ether oxygens (including phenoxy) is 2. The van der Waals surface area contributed by atoms with E-state index in [9.17, 15) is 5.11 Å². The molecule has 1 aromatic carbocycles. The number of hydrogen-bond acceptors (Lipinski definition) is 3. The Balaban J connectivity index is 1.30. The molecule has 5 fully saturated rings. The van der Waals surface area contributed by atoms with Crippen molar-refractivity contribution in [1.29, 1.82) is 0 Å². The number of rotatable bonds is 0. The van der Waals surface area contributed by atoms with Gasteiger partial charge in [-0.1, -0.05) is 33.3 Å². The van der Waals surface area contributed by atoms with E-state index in [0.29, 0.717) is 28.4 Å². The Hall–Kier alpha value is -1.06. The van der Waals surface area contributed by atoms with Crippen LogP contribution in [0.3, 0.4) is 0 Å². The van der Waals surface area contributed by atoms with Crippen LogP contribution in [0.2, 0.25) is 0 Å². The van der Waals surface area contributed by atoms with Crippen LogP contribution in [-0.2, 0) is 15.9 Å². The molecule has 6 aliphatic rings. The van der Waals surface area contributed by atoms with E-state index in [1.807, 2.05) is 6.07 Å². The highest BCUT2D eigenvalue weighted by Gasteiger charge is 2.66. The van der Waals surface area contributed by atoms with Crippen molar-refractivity contribution in [1.82, 2.24) is 0 Å². The van der Waals surface area contributed by atoms with Crippen molar-refractivity contribution in [3.8, 4) is 5.75 Å². The Kier molecular flexibility index (Phi) is 4.37. The fraction of sp³-hybridized carbons (Fsp3) is 0.800. The molecule has 7 atom stereocenters. The van der Waals surface area contributed by atoms with Crippen molar-refractivity contribution in [2.75, 3.05) is 13.2 Å². The van der Waals surface area contributed by atoms with Crippen molar-refractivity contribution in [2.45, 2.75) is 96.7 Å². The van der Waals surface area contributed by atoms with Crippen LogP contribution in [-0.4, -0.2) is 24.1 Å². The Morgan fingerprint density at radius 3 is 2.58 bits per heavy atom. The summed E-state index contributed by atoms with van der Waals surface area (Å²) in [5, 5.41) is 10.4. The molecular weight excluding hydrogens is 408 g/mol. The quantitative estimate of drug-likeness (QED) is 0.471. The van der Waals surface area contributed by atoms with Gasteiger partial charge in [-0.25, -0.2) is 0 Å². The van der Waals surface area contributed by atoms with Crippen LogP contribution in [0.1, 0.15) is 95.6 Å². The smallest absolute Gasteiger partial charge is 0.168 e. The highest BCUT2D eigenvalue weighted by molar-refractivity contribution is 5.43. The predicted octanol–water partition coefficient (Wildman–Crippen LogP) is 6.82. The predicted molar refractivity (Wildman–Crippen MR) is 129 cm³/mol. The number of benzene rings is 1. The van der Waals surface area contributed by atoms with Crippen LogP contribution in [0, 0.1) is 39.9 Å². The third kappa shape index (κ3) is 2.94. The Bertz CT molecular complexity index is 957. The molecule has 1 aliphatic heterocycles. The zero-order valence-electron chi connectivity index (χ0n) is 20.9. The van der Waals surface area contributed by atoms with E-state index in [1.54, 1.807) is 5.56 Å². The average Bonchev–Trinajstić information content (AvgIpc) is 3.17. The lowest BCUT2D eigenvalue weighted by molar-refractivity contribution is -0.332. The van der Waals surface area contributed by atoms with Gasteiger partial charge in [0.25, 0.3) is 0 Å². The monoisotopic (exact) mass is 450 g/mol. The van der Waals surface area contributed by atoms with Crippen LogP contribution < -0.4 is 0 Å². The zero-order valence-corrected chi connectivity index (χ0v) is 20.9. The lowest BCUT2D eigenvalue weighted by Gasteiger charge is -2.67. The second-order valence-corrected chi connectivity index (χ2v) is 14.1. The van der Waals surface area contributed by atoms with Crippen molar-refractivity contribution in [3.05, 3.63) is 29.3 Å². The molecule has 2 unspecified atom stereocenters. The molecule has 0 bridgehead atoms. The summed E-state index contributed by atoms with van der Waals surface area (Å²) in [5.41, 5.74) is 4.03. The fourth-order valence-corrected chi connectivity index (χ4v) is 10.3. The molecule has 3 nitrogen and oxygen atoms in total. The first-order chi connectivity index (χ1) is 15.7. The highest BCUT2D eigenvalue weighted by Crippen LogP contribution is 2.73. The molecule has 0 radical (unpaired) electrons. The average molecular weight is 451 g/mol. The van der Waals surface area contributed by atoms with Crippen molar-refractivity contribution < 1.29 is 14.6 Å². The minimum atomic E-state index is -0.344. The summed E-state index contributed by atoms with van der Waals surface area (Å²) in [4.78, 5) is 0. The van der Waals surface area contributed by atoms with Gasteiger partial charge in [0, 0.05) is 18.3 Å². The van der Waals surface area contributed by atoms with E-state index in [-0.39, 0.29) is 11.2 Å². The van der Waals surface area contributed by atoms with Crippen molar-refractivity contribution in [3.63, 3.8) is 0 Å². The van der Waals surface area contributed by atoms with Crippen LogP contribution in [0.4, 0.5) is 0 Å². The molecule has 7 rings (SSSR count). The van der Waals surface area contributed by atoms with E-state index in [2.05, 4.69) is 32.9 Å². The molecule has 4 saturated carbocycles. The van der Waals surface area contributed by atoms with Crippen molar-refractivity contribution in [2.24, 2.45) is 39.9 Å². The maximum Gasteiger partial charge on any atom is 0.168 e. The van der Waals surface area contributed by atoms with Crippen LogP contribution >= 0.6 is 0 Å². The number of phenolic OH excluding ortho intramolecular Hbond substituents is 1. The van der Waals surface area contributed by atoms with E-state index in [1.165, 1.54) is 50.5 Å². The summed E-state index contributed by atoms with van der Waals surface area (Å²) in [6, 6.07) is 6.36. The van der Waals surface area contributed by atoms with E-state index in [0.717, 1.165) is 50.2 Å². The maximum absolute atomic E-state index is 10.4. The van der Waals surface area contributed by atoms with Gasteiger partial charge in [0.1, 0.15) is 5.75 Å². The van der Waals surface area contributed by atoms with Gasteiger partial charge >= 0.3 is 0 Å². The second-order valence-electron chi connectivity index (χ2n) is 14.1. The molecule has 1 heterocycles. The SMILES string of the molecule is CC1(C)COC2(CC[C@@]34Cc5cc(O)ccc5C5C[C@]6(C)CCC[C@H]6[C@H](CC[C@H]3C2)C54)OC1. The van der Waals surface area contributed by atoms with Gasteiger partial charge in [-0.3, -0.25) is 0 Å². The zero-order chi connectivity index (χ0) is 22.6. The molecule has 1 aromatic rings. The third-order valence-corrected chi connectivity index (χ3v) is 11.6. The van der Waals surface area contributed by atoms with E-state index in [4.69, 9.17) is 9.47 Å². The fourth-order valence-electron chi connectivity index (χ4n) is 10.3. The first kappa shape index (κ1) is 21.2. The van der Waals surface area contributed by atoms with Gasteiger partial charge < -0.3 is 14.6 Å². The number of aromatic hydroxyl groups is 1. The molecule has 5 aliphatic carbocycles. The third-order valence-electron chi connectivity index (χ3n) is 11.6. The van der Waals surface area contributed by atoms with E-state index < -0.39 is 0 Å². The van der Waals surface area contributed by atoms with Crippen LogP contribution in [0.25, 0.3) is 0 Å². The molecule has 2 spiro atoms. The molecule has 3 heteroatoms. The lowest BCUT2D eigenvalue weighted by atomic mass is 9.38. The van der Waals surface area contributed by atoms with Gasteiger partial charge in [0.15, 0.2) is 5.79 Å². The van der Waals surface area contributed by atoms with Gasteiger partial charge in [-0.2, -0.15) is 0 Å². The first-order valence-corrected chi connectivity index (χ1v) is 13.8.